The monoisotopic (exact) mass is 317 g/mol. The third-order valence-electron chi connectivity index (χ3n) is 4.10. The molecule has 24 heavy (non-hydrogen) atoms. The first kappa shape index (κ1) is 16.3. The van der Waals surface area contributed by atoms with E-state index < -0.39 is 0 Å². The van der Waals surface area contributed by atoms with Crippen LogP contribution in [0.15, 0.2) is 73.3 Å². The topological polar surface area (TPSA) is 21.3 Å². The lowest BCUT2D eigenvalue weighted by molar-refractivity contribution is 0.303. The summed E-state index contributed by atoms with van der Waals surface area (Å²) in [5.74, 6) is 0.936. The van der Waals surface area contributed by atoms with Crippen molar-refractivity contribution in [3.05, 3.63) is 90.0 Å². The van der Waals surface area contributed by atoms with Gasteiger partial charge in [0.2, 0.25) is 0 Å². The molecule has 122 valence electrons. The van der Waals surface area contributed by atoms with Crippen LogP contribution in [0.5, 0.6) is 5.75 Å². The predicted octanol–water partition coefficient (Wildman–Crippen LogP) is 5.00. The molecule has 0 aliphatic carbocycles. The summed E-state index contributed by atoms with van der Waals surface area (Å²) >= 11 is 0. The van der Waals surface area contributed by atoms with Gasteiger partial charge in [-0.3, -0.25) is 0 Å². The molecule has 2 nitrogen and oxygen atoms in total. The van der Waals surface area contributed by atoms with Gasteiger partial charge in [-0.1, -0.05) is 66.2 Å². The van der Waals surface area contributed by atoms with E-state index in [1.165, 1.54) is 27.5 Å². The van der Waals surface area contributed by atoms with Gasteiger partial charge in [0.15, 0.2) is 0 Å². The van der Waals surface area contributed by atoms with E-state index in [2.05, 4.69) is 79.5 Å². The summed E-state index contributed by atoms with van der Waals surface area (Å²) in [6, 6.07) is 21.1. The van der Waals surface area contributed by atoms with Crippen LogP contribution in [0.25, 0.3) is 10.8 Å². The number of hydrogen-bond donors (Lipinski definition) is 1. The molecule has 0 aliphatic heterocycles. The molecule has 1 N–H and O–H groups in total. The van der Waals surface area contributed by atoms with E-state index in [0.717, 1.165) is 18.8 Å². The van der Waals surface area contributed by atoms with E-state index in [1.54, 1.807) is 0 Å². The number of hydrogen-bond acceptors (Lipinski definition) is 2. The Hall–Kier alpha value is -2.58. The summed E-state index contributed by atoms with van der Waals surface area (Å²) in [7, 11) is 0. The molecule has 0 spiro atoms. The van der Waals surface area contributed by atoms with Gasteiger partial charge in [0.05, 0.1) is 0 Å². The van der Waals surface area contributed by atoms with Crippen LogP contribution in [-0.4, -0.2) is 6.54 Å². The molecular formula is C22H23NO. The van der Waals surface area contributed by atoms with E-state index in [-0.39, 0.29) is 0 Å². The van der Waals surface area contributed by atoms with E-state index >= 15 is 0 Å². The summed E-state index contributed by atoms with van der Waals surface area (Å²) in [5.41, 5.74) is 3.64. The van der Waals surface area contributed by atoms with E-state index in [9.17, 15) is 0 Å². The first-order valence-electron chi connectivity index (χ1n) is 8.28. The van der Waals surface area contributed by atoms with E-state index in [4.69, 9.17) is 4.74 Å². The highest BCUT2D eigenvalue weighted by molar-refractivity contribution is 5.87. The second-order valence-corrected chi connectivity index (χ2v) is 5.96. The van der Waals surface area contributed by atoms with Gasteiger partial charge in [-0.2, -0.15) is 0 Å². The average molecular weight is 317 g/mol. The standard InChI is InChI=1S/C22H23NO/c1-3-14-23-15-21-20-7-5-4-6-19(20)12-13-22(21)24-16-18-10-8-17(2)9-11-18/h3-13,23H,1,14-16H2,2H3. The lowest BCUT2D eigenvalue weighted by Crippen LogP contribution is -2.14. The average Bonchev–Trinajstić information content (AvgIpc) is 2.62. The third-order valence-corrected chi connectivity index (χ3v) is 4.10. The minimum atomic E-state index is 0.576. The Labute approximate surface area is 143 Å². The number of fused-ring (bicyclic) bond motifs is 1. The number of rotatable bonds is 7. The smallest absolute Gasteiger partial charge is 0.124 e. The van der Waals surface area contributed by atoms with Gasteiger partial charge >= 0.3 is 0 Å². The molecule has 0 amide bonds. The van der Waals surface area contributed by atoms with Crippen molar-refractivity contribution in [2.45, 2.75) is 20.1 Å². The molecule has 0 fully saturated rings. The SMILES string of the molecule is C=CCNCc1c(OCc2ccc(C)cc2)ccc2ccccc12. The summed E-state index contributed by atoms with van der Waals surface area (Å²) in [5, 5.41) is 5.86. The zero-order valence-electron chi connectivity index (χ0n) is 14.1. The van der Waals surface area contributed by atoms with Gasteiger partial charge in [-0.05, 0) is 29.3 Å². The van der Waals surface area contributed by atoms with Crippen molar-refractivity contribution in [3.8, 4) is 5.75 Å². The first-order chi connectivity index (χ1) is 11.8. The molecule has 0 aromatic heterocycles. The maximum Gasteiger partial charge on any atom is 0.124 e. The normalized spacial score (nSPS) is 10.7. The molecular weight excluding hydrogens is 294 g/mol. The zero-order valence-corrected chi connectivity index (χ0v) is 14.1. The Kier molecular flexibility index (Phi) is 5.29. The second kappa shape index (κ2) is 7.80. The highest BCUT2D eigenvalue weighted by Crippen LogP contribution is 2.28. The van der Waals surface area contributed by atoms with Crippen LogP contribution in [0.4, 0.5) is 0 Å². The van der Waals surface area contributed by atoms with Gasteiger partial charge in [-0.25, -0.2) is 0 Å². The maximum atomic E-state index is 6.14. The summed E-state index contributed by atoms with van der Waals surface area (Å²) in [4.78, 5) is 0. The minimum Gasteiger partial charge on any atom is -0.489 e. The van der Waals surface area contributed by atoms with Gasteiger partial charge < -0.3 is 10.1 Å². The predicted molar refractivity (Wildman–Crippen MR) is 101 cm³/mol. The molecule has 3 aromatic carbocycles. The minimum absolute atomic E-state index is 0.576. The Balaban J connectivity index is 1.86. The summed E-state index contributed by atoms with van der Waals surface area (Å²) in [6.45, 7) is 7.98. The van der Waals surface area contributed by atoms with Gasteiger partial charge in [0.25, 0.3) is 0 Å². The first-order valence-corrected chi connectivity index (χ1v) is 8.28. The molecule has 2 heteroatoms. The molecule has 0 atom stereocenters. The molecule has 0 bridgehead atoms. The molecule has 0 unspecified atom stereocenters. The number of ether oxygens (including phenoxy) is 1. The Morgan fingerprint density at radius 1 is 1.00 bits per heavy atom. The number of nitrogens with one attached hydrogen (secondary N) is 1. The quantitative estimate of drug-likeness (QED) is 0.489. The fourth-order valence-electron chi connectivity index (χ4n) is 2.78. The lowest BCUT2D eigenvalue weighted by Gasteiger charge is -2.15. The van der Waals surface area contributed by atoms with Crippen molar-refractivity contribution in [1.82, 2.24) is 5.32 Å². The van der Waals surface area contributed by atoms with Gasteiger partial charge in [0.1, 0.15) is 12.4 Å². The Bertz CT molecular complexity index is 821. The summed E-state index contributed by atoms with van der Waals surface area (Å²) in [6.07, 6.45) is 1.87. The Morgan fingerprint density at radius 2 is 1.79 bits per heavy atom. The van der Waals surface area contributed by atoms with Crippen molar-refractivity contribution < 1.29 is 4.74 Å². The highest BCUT2D eigenvalue weighted by atomic mass is 16.5. The molecule has 0 saturated heterocycles. The van der Waals surface area contributed by atoms with Crippen molar-refractivity contribution in [3.63, 3.8) is 0 Å². The molecule has 0 heterocycles. The van der Waals surface area contributed by atoms with Crippen LogP contribution in [0.3, 0.4) is 0 Å². The second-order valence-electron chi connectivity index (χ2n) is 5.96. The van der Waals surface area contributed by atoms with E-state index in [0.29, 0.717) is 6.61 Å². The highest BCUT2D eigenvalue weighted by Gasteiger charge is 2.09. The van der Waals surface area contributed by atoms with Crippen molar-refractivity contribution in [1.29, 1.82) is 0 Å². The summed E-state index contributed by atoms with van der Waals surface area (Å²) < 4.78 is 6.14. The van der Waals surface area contributed by atoms with E-state index in [1.807, 2.05) is 6.08 Å². The van der Waals surface area contributed by atoms with Gasteiger partial charge in [-0.15, -0.1) is 6.58 Å². The zero-order chi connectivity index (χ0) is 16.8. The molecule has 0 aliphatic rings. The molecule has 3 aromatic rings. The van der Waals surface area contributed by atoms with Crippen LogP contribution in [-0.2, 0) is 13.2 Å². The molecule has 3 rings (SSSR count). The molecule has 0 radical (unpaired) electrons. The number of aryl methyl sites for hydroxylation is 1. The fourth-order valence-corrected chi connectivity index (χ4v) is 2.78. The Morgan fingerprint density at radius 3 is 2.58 bits per heavy atom. The third kappa shape index (κ3) is 3.84. The van der Waals surface area contributed by atoms with Crippen LogP contribution in [0, 0.1) is 6.92 Å². The molecule has 0 saturated carbocycles. The van der Waals surface area contributed by atoms with Crippen LogP contribution in [0.1, 0.15) is 16.7 Å². The van der Waals surface area contributed by atoms with Crippen molar-refractivity contribution in [2.75, 3.05) is 6.54 Å². The van der Waals surface area contributed by atoms with Crippen molar-refractivity contribution in [2.24, 2.45) is 0 Å². The maximum absolute atomic E-state index is 6.14. The fraction of sp³-hybridized carbons (Fsp3) is 0.182. The lowest BCUT2D eigenvalue weighted by atomic mass is 10.0. The number of benzene rings is 3. The van der Waals surface area contributed by atoms with Gasteiger partial charge in [0, 0.05) is 18.7 Å². The van der Waals surface area contributed by atoms with Crippen LogP contribution < -0.4 is 10.1 Å². The van der Waals surface area contributed by atoms with Crippen LogP contribution >= 0.6 is 0 Å². The van der Waals surface area contributed by atoms with Crippen molar-refractivity contribution >= 4 is 10.8 Å². The largest absolute Gasteiger partial charge is 0.489 e. The van der Waals surface area contributed by atoms with Crippen LogP contribution in [0.2, 0.25) is 0 Å².